The lowest BCUT2D eigenvalue weighted by molar-refractivity contribution is -0.140. The fraction of sp³-hybridized carbons (Fsp3) is 0.333. The maximum absolute atomic E-state index is 12.7. The average Bonchev–Trinajstić information content (AvgIpc) is 2.18. The summed E-state index contributed by atoms with van der Waals surface area (Å²) in [5, 5.41) is 8.37. The van der Waals surface area contributed by atoms with Gasteiger partial charge in [-0.2, -0.15) is 18.4 Å². The van der Waals surface area contributed by atoms with Crippen LogP contribution < -0.4 is 0 Å². The van der Waals surface area contributed by atoms with Crippen molar-refractivity contribution in [3.05, 3.63) is 26.6 Å². The van der Waals surface area contributed by atoms with Crippen molar-refractivity contribution in [2.45, 2.75) is 19.0 Å². The van der Waals surface area contributed by atoms with Crippen molar-refractivity contribution < 1.29 is 22.0 Å². The Morgan fingerprint density at radius 1 is 1.41 bits per heavy atom. The number of rotatable bonds is 2. The van der Waals surface area contributed by atoms with E-state index in [1.165, 1.54) is 28.7 Å². The summed E-state index contributed by atoms with van der Waals surface area (Å²) in [5.41, 5.74) is -3.14. The highest BCUT2D eigenvalue weighted by molar-refractivity contribution is 14.1. The number of nitrogens with zero attached hydrogens (tertiary/aromatic N) is 2. The number of alkyl halides is 5. The molecule has 0 bridgehead atoms. The number of pyridine rings is 1. The molecular weight excluding hydrogens is 358 g/mol. The topological polar surface area (TPSA) is 36.7 Å². The summed E-state index contributed by atoms with van der Waals surface area (Å²) in [5.74, 6) is 0. The first-order chi connectivity index (χ1) is 7.79. The lowest BCUT2D eigenvalue weighted by atomic mass is 10.0. The summed E-state index contributed by atoms with van der Waals surface area (Å²) in [4.78, 5) is 3.45. The molecule has 0 unspecified atom stereocenters. The summed E-state index contributed by atoms with van der Waals surface area (Å²) < 4.78 is 62.9. The highest BCUT2D eigenvalue weighted by atomic mass is 127. The van der Waals surface area contributed by atoms with Gasteiger partial charge in [-0.3, -0.25) is 4.98 Å². The van der Waals surface area contributed by atoms with Crippen LogP contribution in [0.5, 0.6) is 0 Å². The van der Waals surface area contributed by atoms with Crippen molar-refractivity contribution in [3.8, 4) is 6.07 Å². The summed E-state index contributed by atoms with van der Waals surface area (Å²) in [6.07, 6.45) is -7.96. The van der Waals surface area contributed by atoms with Crippen LogP contribution in [0.15, 0.2) is 6.20 Å². The fourth-order valence-corrected chi connectivity index (χ4v) is 2.02. The lowest BCUT2D eigenvalue weighted by Gasteiger charge is -2.16. The Bertz CT molecular complexity index is 464. The molecule has 0 saturated heterocycles. The van der Waals surface area contributed by atoms with Crippen molar-refractivity contribution in [1.82, 2.24) is 4.98 Å². The molecule has 2 nitrogen and oxygen atoms in total. The van der Waals surface area contributed by atoms with Crippen LogP contribution in [-0.4, -0.2) is 4.98 Å². The zero-order chi connectivity index (χ0) is 13.2. The monoisotopic (exact) mass is 362 g/mol. The molecule has 0 saturated carbocycles. The van der Waals surface area contributed by atoms with Crippen LogP contribution in [0, 0.1) is 14.9 Å². The Balaban J connectivity index is 3.56. The number of hydrogen-bond acceptors (Lipinski definition) is 2. The second-order valence-electron chi connectivity index (χ2n) is 2.97. The van der Waals surface area contributed by atoms with E-state index in [1.54, 1.807) is 0 Å². The van der Waals surface area contributed by atoms with Gasteiger partial charge in [0.25, 0.3) is 6.43 Å². The number of nitriles is 1. The third-order valence-corrected chi connectivity index (χ3v) is 2.72. The van der Waals surface area contributed by atoms with Crippen molar-refractivity contribution in [2.24, 2.45) is 0 Å². The van der Waals surface area contributed by atoms with E-state index in [1.807, 2.05) is 0 Å². The van der Waals surface area contributed by atoms with Gasteiger partial charge in [-0.1, -0.05) is 0 Å². The Morgan fingerprint density at radius 2 is 2.00 bits per heavy atom. The minimum Gasteiger partial charge on any atom is -0.259 e. The third-order valence-electron chi connectivity index (χ3n) is 1.90. The molecule has 1 heterocycles. The standard InChI is InChI=1S/C9H4F5IN2/c10-8(11)6-5(1-2-16)17-3-4(15)7(6)9(12,13)14/h3,8H,1H2. The first-order valence-electron chi connectivity index (χ1n) is 4.18. The Morgan fingerprint density at radius 3 is 2.41 bits per heavy atom. The van der Waals surface area contributed by atoms with Crippen LogP contribution in [0.1, 0.15) is 23.2 Å². The van der Waals surface area contributed by atoms with E-state index < -0.39 is 39.4 Å². The molecule has 0 aliphatic rings. The molecule has 1 aromatic rings. The average molecular weight is 362 g/mol. The normalized spacial score (nSPS) is 11.6. The van der Waals surface area contributed by atoms with Crippen LogP contribution in [-0.2, 0) is 12.6 Å². The molecule has 0 aliphatic carbocycles. The molecule has 8 heteroatoms. The van der Waals surface area contributed by atoms with Gasteiger partial charge in [0, 0.05) is 9.77 Å². The Labute approximate surface area is 107 Å². The van der Waals surface area contributed by atoms with E-state index in [0.717, 1.165) is 6.20 Å². The van der Waals surface area contributed by atoms with Gasteiger partial charge in [0.05, 0.1) is 29.3 Å². The van der Waals surface area contributed by atoms with Gasteiger partial charge < -0.3 is 0 Å². The maximum atomic E-state index is 12.7. The number of hydrogen-bond donors (Lipinski definition) is 0. The molecule has 0 N–H and O–H groups in total. The SMILES string of the molecule is N#CCc1ncc(I)c(C(F)(F)F)c1C(F)F. The van der Waals surface area contributed by atoms with Gasteiger partial charge in [0.1, 0.15) is 0 Å². The maximum Gasteiger partial charge on any atom is 0.418 e. The van der Waals surface area contributed by atoms with Gasteiger partial charge in [-0.15, -0.1) is 0 Å². The minimum absolute atomic E-state index is 0.410. The number of halogens is 6. The van der Waals surface area contributed by atoms with Crippen molar-refractivity contribution in [1.29, 1.82) is 5.26 Å². The molecule has 0 atom stereocenters. The van der Waals surface area contributed by atoms with E-state index in [2.05, 4.69) is 4.98 Å². The highest BCUT2D eigenvalue weighted by Crippen LogP contribution is 2.40. The zero-order valence-electron chi connectivity index (χ0n) is 8.02. The predicted octanol–water partition coefficient (Wildman–Crippen LogP) is 3.71. The Hall–Kier alpha value is -0.980. The quantitative estimate of drug-likeness (QED) is 0.594. The highest BCUT2D eigenvalue weighted by Gasteiger charge is 2.39. The number of aromatic nitrogens is 1. The lowest BCUT2D eigenvalue weighted by Crippen LogP contribution is -2.15. The molecule has 0 radical (unpaired) electrons. The summed E-state index contributed by atoms with van der Waals surface area (Å²) >= 11 is 1.29. The molecule has 0 amide bonds. The van der Waals surface area contributed by atoms with E-state index in [4.69, 9.17) is 5.26 Å². The minimum atomic E-state index is -4.89. The van der Waals surface area contributed by atoms with E-state index >= 15 is 0 Å². The first-order valence-corrected chi connectivity index (χ1v) is 5.26. The molecule has 0 spiro atoms. The molecule has 1 aromatic heterocycles. The smallest absolute Gasteiger partial charge is 0.259 e. The summed E-state index contributed by atoms with van der Waals surface area (Å²) in [6, 6.07) is 1.51. The fourth-order valence-electron chi connectivity index (χ4n) is 1.28. The van der Waals surface area contributed by atoms with E-state index in [0.29, 0.717) is 0 Å². The van der Waals surface area contributed by atoms with Gasteiger partial charge in [0.15, 0.2) is 0 Å². The van der Waals surface area contributed by atoms with Crippen LogP contribution in [0.2, 0.25) is 0 Å². The first kappa shape index (κ1) is 14.1. The molecule has 0 aromatic carbocycles. The van der Waals surface area contributed by atoms with Crippen molar-refractivity contribution in [3.63, 3.8) is 0 Å². The summed E-state index contributed by atoms with van der Waals surface area (Å²) in [7, 11) is 0. The van der Waals surface area contributed by atoms with Crippen LogP contribution >= 0.6 is 22.6 Å². The van der Waals surface area contributed by atoms with Gasteiger partial charge in [0.2, 0.25) is 0 Å². The van der Waals surface area contributed by atoms with Crippen molar-refractivity contribution >= 4 is 22.6 Å². The zero-order valence-corrected chi connectivity index (χ0v) is 10.2. The van der Waals surface area contributed by atoms with Gasteiger partial charge in [-0.25, -0.2) is 8.78 Å². The Kier molecular flexibility index (Phi) is 4.24. The van der Waals surface area contributed by atoms with E-state index in [9.17, 15) is 22.0 Å². The van der Waals surface area contributed by atoms with Gasteiger partial charge in [-0.05, 0) is 22.6 Å². The second kappa shape index (κ2) is 5.12. The molecule has 17 heavy (non-hydrogen) atoms. The second-order valence-corrected chi connectivity index (χ2v) is 4.14. The van der Waals surface area contributed by atoms with Crippen molar-refractivity contribution in [2.75, 3.05) is 0 Å². The third kappa shape index (κ3) is 3.02. The largest absolute Gasteiger partial charge is 0.418 e. The predicted molar refractivity (Wildman–Crippen MR) is 56.2 cm³/mol. The molecular formula is C9H4F5IN2. The van der Waals surface area contributed by atoms with Gasteiger partial charge >= 0.3 is 6.18 Å². The molecule has 0 fully saturated rings. The molecule has 0 aliphatic heterocycles. The van der Waals surface area contributed by atoms with Crippen LogP contribution in [0.3, 0.4) is 0 Å². The molecule has 92 valence electrons. The van der Waals surface area contributed by atoms with Crippen LogP contribution in [0.25, 0.3) is 0 Å². The summed E-state index contributed by atoms with van der Waals surface area (Å²) in [6.45, 7) is 0. The van der Waals surface area contributed by atoms with Crippen LogP contribution in [0.4, 0.5) is 22.0 Å². The molecule has 1 rings (SSSR count). The van der Waals surface area contributed by atoms with E-state index in [-0.39, 0.29) is 0 Å².